The minimum atomic E-state index is -3.59. The number of nitrogens with one attached hydrogen (secondary N) is 1. The normalized spacial score (nSPS) is 11.1. The number of rotatable bonds is 5. The zero-order chi connectivity index (χ0) is 15.5. The maximum atomic E-state index is 12.3. The molecular formula is C15H16N2O2S2. The fraction of sp³-hybridized carbons (Fsp3) is 0.133. The van der Waals surface area contributed by atoms with Crippen molar-refractivity contribution in [2.45, 2.75) is 18.2 Å². The zero-order valence-corrected chi connectivity index (χ0v) is 13.2. The molecule has 0 spiro atoms. The molecule has 4 nitrogen and oxygen atoms in total. The van der Waals surface area contributed by atoms with Crippen LogP contribution in [-0.4, -0.2) is 13.4 Å². The highest BCUT2D eigenvalue weighted by Crippen LogP contribution is 2.17. The van der Waals surface area contributed by atoms with E-state index in [1.54, 1.807) is 42.5 Å². The zero-order valence-electron chi connectivity index (χ0n) is 11.5. The van der Waals surface area contributed by atoms with Crippen LogP contribution in [0.2, 0.25) is 0 Å². The van der Waals surface area contributed by atoms with Gasteiger partial charge in [-0.1, -0.05) is 36.5 Å². The topological polar surface area (TPSA) is 72.2 Å². The molecule has 0 amide bonds. The standard InChI is InChI=1S/C15H16N2O2S2/c1-11-3-2-4-13(9-11)17-21(18,19)14-7-5-12(6-8-14)10-15(16)20/h2-9,17H,10H2,1H3,(H2,16,20). The average molecular weight is 320 g/mol. The van der Waals surface area contributed by atoms with Crippen molar-refractivity contribution in [3.8, 4) is 0 Å². The largest absolute Gasteiger partial charge is 0.393 e. The SMILES string of the molecule is Cc1cccc(NS(=O)(=O)c2ccc(CC(N)=S)cc2)c1. The predicted molar refractivity (Wildman–Crippen MR) is 88.9 cm³/mol. The molecule has 0 aromatic heterocycles. The van der Waals surface area contributed by atoms with Crippen LogP contribution < -0.4 is 10.5 Å². The number of anilines is 1. The van der Waals surface area contributed by atoms with Gasteiger partial charge in [0.15, 0.2) is 0 Å². The van der Waals surface area contributed by atoms with Gasteiger partial charge in [0.05, 0.1) is 9.88 Å². The van der Waals surface area contributed by atoms with Crippen molar-refractivity contribution in [2.24, 2.45) is 5.73 Å². The van der Waals surface area contributed by atoms with E-state index in [-0.39, 0.29) is 4.90 Å². The van der Waals surface area contributed by atoms with Crippen LogP contribution in [0.15, 0.2) is 53.4 Å². The van der Waals surface area contributed by atoms with Gasteiger partial charge in [-0.2, -0.15) is 0 Å². The van der Waals surface area contributed by atoms with E-state index < -0.39 is 10.0 Å². The molecule has 0 aliphatic heterocycles. The summed E-state index contributed by atoms with van der Waals surface area (Å²) in [6, 6.07) is 13.7. The van der Waals surface area contributed by atoms with E-state index in [1.165, 1.54) is 0 Å². The summed E-state index contributed by atoms with van der Waals surface area (Å²) in [6.07, 6.45) is 0.459. The molecule has 0 radical (unpaired) electrons. The lowest BCUT2D eigenvalue weighted by atomic mass is 10.1. The molecule has 0 aliphatic carbocycles. The summed E-state index contributed by atoms with van der Waals surface area (Å²) in [5.41, 5.74) is 7.88. The first-order chi connectivity index (χ1) is 9.87. The van der Waals surface area contributed by atoms with Gasteiger partial charge < -0.3 is 5.73 Å². The Labute approximate surface area is 130 Å². The van der Waals surface area contributed by atoms with Gasteiger partial charge in [0.1, 0.15) is 0 Å². The molecule has 0 unspecified atom stereocenters. The van der Waals surface area contributed by atoms with Crippen molar-refractivity contribution in [1.82, 2.24) is 0 Å². The molecule has 0 saturated heterocycles. The molecule has 2 rings (SSSR count). The highest BCUT2D eigenvalue weighted by Gasteiger charge is 2.14. The Hall–Kier alpha value is -1.92. The van der Waals surface area contributed by atoms with E-state index in [2.05, 4.69) is 4.72 Å². The van der Waals surface area contributed by atoms with E-state index in [0.29, 0.717) is 17.1 Å². The fourth-order valence-electron chi connectivity index (χ4n) is 1.91. The lowest BCUT2D eigenvalue weighted by Crippen LogP contribution is -2.14. The number of benzene rings is 2. The Morgan fingerprint density at radius 3 is 2.43 bits per heavy atom. The second-order valence-electron chi connectivity index (χ2n) is 4.76. The van der Waals surface area contributed by atoms with Crippen LogP contribution in [0.5, 0.6) is 0 Å². The molecule has 0 atom stereocenters. The van der Waals surface area contributed by atoms with E-state index in [4.69, 9.17) is 18.0 Å². The third-order valence-electron chi connectivity index (χ3n) is 2.88. The number of hydrogen-bond acceptors (Lipinski definition) is 3. The van der Waals surface area contributed by atoms with Gasteiger partial charge in [0.25, 0.3) is 10.0 Å². The minimum Gasteiger partial charge on any atom is -0.393 e. The van der Waals surface area contributed by atoms with Gasteiger partial charge in [-0.3, -0.25) is 4.72 Å². The second-order valence-corrected chi connectivity index (χ2v) is 6.97. The van der Waals surface area contributed by atoms with Gasteiger partial charge >= 0.3 is 0 Å². The first kappa shape index (κ1) is 15.5. The first-order valence-corrected chi connectivity index (χ1v) is 8.23. The van der Waals surface area contributed by atoms with Gasteiger partial charge in [-0.05, 0) is 42.3 Å². The molecule has 2 aromatic rings. The number of nitrogens with two attached hydrogens (primary N) is 1. The molecule has 110 valence electrons. The molecular weight excluding hydrogens is 304 g/mol. The van der Waals surface area contributed by atoms with Crippen molar-refractivity contribution < 1.29 is 8.42 Å². The van der Waals surface area contributed by atoms with Crippen LogP contribution in [0.1, 0.15) is 11.1 Å². The Kier molecular flexibility index (Phi) is 4.59. The first-order valence-electron chi connectivity index (χ1n) is 6.33. The van der Waals surface area contributed by atoms with E-state index in [9.17, 15) is 8.42 Å². The van der Waals surface area contributed by atoms with Crippen molar-refractivity contribution in [3.05, 3.63) is 59.7 Å². The lowest BCUT2D eigenvalue weighted by Gasteiger charge is -2.09. The van der Waals surface area contributed by atoms with E-state index in [1.807, 2.05) is 13.0 Å². The third-order valence-corrected chi connectivity index (χ3v) is 4.42. The Morgan fingerprint density at radius 2 is 1.86 bits per heavy atom. The summed E-state index contributed by atoms with van der Waals surface area (Å²) < 4.78 is 27.1. The summed E-state index contributed by atoms with van der Waals surface area (Å²) in [4.78, 5) is 0.583. The molecule has 0 bridgehead atoms. The molecule has 2 aromatic carbocycles. The quantitative estimate of drug-likeness (QED) is 0.831. The van der Waals surface area contributed by atoms with Crippen molar-refractivity contribution in [3.63, 3.8) is 0 Å². The summed E-state index contributed by atoms with van der Waals surface area (Å²) in [5.74, 6) is 0. The van der Waals surface area contributed by atoms with Crippen LogP contribution in [-0.2, 0) is 16.4 Å². The predicted octanol–water partition coefficient (Wildman–Crippen LogP) is 2.62. The Balaban J connectivity index is 2.21. The molecule has 0 aliphatic rings. The van der Waals surface area contributed by atoms with Crippen LogP contribution in [0.25, 0.3) is 0 Å². The molecule has 0 saturated carbocycles. The number of sulfonamides is 1. The van der Waals surface area contributed by atoms with Gasteiger partial charge in [0.2, 0.25) is 0 Å². The minimum absolute atomic E-state index is 0.204. The van der Waals surface area contributed by atoms with Gasteiger partial charge in [-0.15, -0.1) is 0 Å². The molecule has 0 fully saturated rings. The van der Waals surface area contributed by atoms with Crippen molar-refractivity contribution in [2.75, 3.05) is 4.72 Å². The van der Waals surface area contributed by atoms with E-state index >= 15 is 0 Å². The fourth-order valence-corrected chi connectivity index (χ4v) is 3.13. The van der Waals surface area contributed by atoms with Crippen molar-refractivity contribution in [1.29, 1.82) is 0 Å². The highest BCUT2D eigenvalue weighted by molar-refractivity contribution is 7.92. The lowest BCUT2D eigenvalue weighted by molar-refractivity contribution is 0.601. The summed E-state index contributed by atoms with van der Waals surface area (Å²) in [5, 5.41) is 0. The summed E-state index contributed by atoms with van der Waals surface area (Å²) in [6.45, 7) is 1.91. The summed E-state index contributed by atoms with van der Waals surface area (Å²) in [7, 11) is -3.59. The van der Waals surface area contributed by atoms with E-state index in [0.717, 1.165) is 11.1 Å². The number of hydrogen-bond donors (Lipinski definition) is 2. The smallest absolute Gasteiger partial charge is 0.261 e. The maximum Gasteiger partial charge on any atom is 0.261 e. The molecule has 21 heavy (non-hydrogen) atoms. The maximum absolute atomic E-state index is 12.3. The van der Waals surface area contributed by atoms with Crippen LogP contribution >= 0.6 is 12.2 Å². The molecule has 0 heterocycles. The van der Waals surface area contributed by atoms with Crippen LogP contribution in [0, 0.1) is 6.92 Å². The van der Waals surface area contributed by atoms with Gasteiger partial charge in [-0.25, -0.2) is 8.42 Å². The Bertz CT molecular complexity index is 753. The third kappa shape index (κ3) is 4.27. The Morgan fingerprint density at radius 1 is 1.19 bits per heavy atom. The van der Waals surface area contributed by atoms with Crippen LogP contribution in [0.4, 0.5) is 5.69 Å². The summed E-state index contributed by atoms with van der Waals surface area (Å²) >= 11 is 4.83. The van der Waals surface area contributed by atoms with Gasteiger partial charge in [0, 0.05) is 12.1 Å². The highest BCUT2D eigenvalue weighted by atomic mass is 32.2. The second kappa shape index (κ2) is 6.24. The van der Waals surface area contributed by atoms with Crippen molar-refractivity contribution >= 4 is 32.9 Å². The van der Waals surface area contributed by atoms with Crippen LogP contribution in [0.3, 0.4) is 0 Å². The molecule has 3 N–H and O–H groups in total. The number of aryl methyl sites for hydroxylation is 1. The molecule has 6 heteroatoms. The number of thiocarbonyl (C=S) groups is 1. The monoisotopic (exact) mass is 320 g/mol. The average Bonchev–Trinajstić information content (AvgIpc) is 2.38.